The second kappa shape index (κ2) is 5.47. The second-order valence-electron chi connectivity index (χ2n) is 5.21. The van der Waals surface area contributed by atoms with E-state index in [1.165, 1.54) is 21.0 Å². The van der Waals surface area contributed by atoms with Crippen molar-refractivity contribution >= 4 is 11.3 Å². The number of thiophene rings is 1. The lowest BCUT2D eigenvalue weighted by atomic mass is 10.0. The summed E-state index contributed by atoms with van der Waals surface area (Å²) >= 11 is 1.82. The van der Waals surface area contributed by atoms with Gasteiger partial charge in [-0.1, -0.05) is 6.92 Å². The van der Waals surface area contributed by atoms with Crippen LogP contribution in [0.2, 0.25) is 0 Å². The number of nitrogens with zero attached hydrogens (tertiary/aromatic N) is 2. The first-order valence-electron chi connectivity index (χ1n) is 6.80. The van der Waals surface area contributed by atoms with Gasteiger partial charge >= 0.3 is 0 Å². The molecule has 0 saturated carbocycles. The standard InChI is InChI=1S/C15H23N3S/c1-6-13(16)15(14-8-7-9(2)19-14)18-12(5)10(3)11(4)17-18/h7-8,13,15H,6,16H2,1-5H3. The molecule has 3 nitrogen and oxygen atoms in total. The highest BCUT2D eigenvalue weighted by molar-refractivity contribution is 7.12. The van der Waals surface area contributed by atoms with E-state index >= 15 is 0 Å². The van der Waals surface area contributed by atoms with Crippen molar-refractivity contribution in [3.05, 3.63) is 38.8 Å². The Morgan fingerprint density at radius 2 is 1.95 bits per heavy atom. The van der Waals surface area contributed by atoms with Gasteiger partial charge in [-0.05, 0) is 51.8 Å². The third-order valence-electron chi connectivity index (χ3n) is 3.88. The molecule has 2 unspecified atom stereocenters. The summed E-state index contributed by atoms with van der Waals surface area (Å²) in [6.07, 6.45) is 0.943. The molecular weight excluding hydrogens is 254 g/mol. The Bertz CT molecular complexity index is 568. The van der Waals surface area contributed by atoms with E-state index in [0.29, 0.717) is 0 Å². The maximum Gasteiger partial charge on any atom is 0.101 e. The molecule has 0 radical (unpaired) electrons. The van der Waals surface area contributed by atoms with E-state index in [9.17, 15) is 0 Å². The summed E-state index contributed by atoms with van der Waals surface area (Å²) in [6, 6.07) is 4.59. The Balaban J connectivity index is 2.52. The van der Waals surface area contributed by atoms with Crippen molar-refractivity contribution in [1.82, 2.24) is 9.78 Å². The van der Waals surface area contributed by atoms with Crippen LogP contribution in [0.3, 0.4) is 0 Å². The third kappa shape index (κ3) is 2.60. The number of rotatable bonds is 4. The van der Waals surface area contributed by atoms with Crippen LogP contribution in [-0.2, 0) is 0 Å². The minimum absolute atomic E-state index is 0.0930. The van der Waals surface area contributed by atoms with E-state index in [2.05, 4.69) is 51.4 Å². The molecule has 0 amide bonds. The van der Waals surface area contributed by atoms with Gasteiger partial charge in [0.1, 0.15) is 6.04 Å². The zero-order valence-corrected chi connectivity index (χ0v) is 13.2. The summed E-state index contributed by atoms with van der Waals surface area (Å²) in [7, 11) is 0. The molecule has 0 saturated heterocycles. The highest BCUT2D eigenvalue weighted by Gasteiger charge is 2.25. The molecule has 0 spiro atoms. The molecule has 0 fully saturated rings. The molecule has 2 heterocycles. The number of aryl methyl sites for hydroxylation is 2. The Hall–Kier alpha value is -1.13. The van der Waals surface area contributed by atoms with Crippen molar-refractivity contribution < 1.29 is 0 Å². The highest BCUT2D eigenvalue weighted by Crippen LogP contribution is 2.30. The van der Waals surface area contributed by atoms with Crippen LogP contribution in [0.5, 0.6) is 0 Å². The Morgan fingerprint density at radius 3 is 2.37 bits per heavy atom. The predicted octanol–water partition coefficient (Wildman–Crippen LogP) is 3.50. The first-order chi connectivity index (χ1) is 8.95. The lowest BCUT2D eigenvalue weighted by molar-refractivity contribution is 0.421. The van der Waals surface area contributed by atoms with Gasteiger partial charge in [-0.15, -0.1) is 11.3 Å². The molecule has 4 heteroatoms. The van der Waals surface area contributed by atoms with Crippen molar-refractivity contribution in [3.8, 4) is 0 Å². The van der Waals surface area contributed by atoms with E-state index in [1.54, 1.807) is 0 Å². The van der Waals surface area contributed by atoms with Crippen LogP contribution in [0.4, 0.5) is 0 Å². The first-order valence-corrected chi connectivity index (χ1v) is 7.61. The molecule has 2 atom stereocenters. The summed E-state index contributed by atoms with van der Waals surface area (Å²) in [5, 5.41) is 4.71. The quantitative estimate of drug-likeness (QED) is 0.929. The van der Waals surface area contributed by atoms with Crippen LogP contribution in [0.1, 0.15) is 46.1 Å². The summed E-state index contributed by atoms with van der Waals surface area (Å²) in [5.41, 5.74) is 9.95. The minimum Gasteiger partial charge on any atom is -0.326 e. The molecule has 0 aliphatic rings. The molecule has 0 bridgehead atoms. The van der Waals surface area contributed by atoms with Gasteiger partial charge in [0.2, 0.25) is 0 Å². The monoisotopic (exact) mass is 277 g/mol. The first kappa shape index (κ1) is 14.3. The maximum absolute atomic E-state index is 6.36. The van der Waals surface area contributed by atoms with Gasteiger partial charge in [0.15, 0.2) is 0 Å². The van der Waals surface area contributed by atoms with Crippen molar-refractivity contribution in [2.24, 2.45) is 5.73 Å². The largest absolute Gasteiger partial charge is 0.326 e. The molecule has 19 heavy (non-hydrogen) atoms. The SMILES string of the molecule is CCC(N)C(c1ccc(C)s1)n1nc(C)c(C)c1C. The van der Waals surface area contributed by atoms with Crippen LogP contribution in [-0.4, -0.2) is 15.8 Å². The lowest BCUT2D eigenvalue weighted by Gasteiger charge is -2.24. The Labute approximate surface area is 119 Å². The molecule has 0 aromatic carbocycles. The Kier molecular flexibility index (Phi) is 4.11. The van der Waals surface area contributed by atoms with Gasteiger partial charge in [0.25, 0.3) is 0 Å². The van der Waals surface area contributed by atoms with Gasteiger partial charge in [-0.2, -0.15) is 5.10 Å². The fourth-order valence-corrected chi connectivity index (χ4v) is 3.40. The Morgan fingerprint density at radius 1 is 1.26 bits per heavy atom. The fraction of sp³-hybridized carbons (Fsp3) is 0.533. The van der Waals surface area contributed by atoms with Gasteiger partial charge < -0.3 is 5.73 Å². The van der Waals surface area contributed by atoms with Crippen molar-refractivity contribution in [2.75, 3.05) is 0 Å². The van der Waals surface area contributed by atoms with Crippen LogP contribution >= 0.6 is 11.3 Å². The van der Waals surface area contributed by atoms with E-state index in [4.69, 9.17) is 10.8 Å². The summed E-state index contributed by atoms with van der Waals surface area (Å²) < 4.78 is 2.12. The average Bonchev–Trinajstić information content (AvgIpc) is 2.90. The van der Waals surface area contributed by atoms with Gasteiger partial charge in [-0.3, -0.25) is 4.68 Å². The zero-order valence-electron chi connectivity index (χ0n) is 12.4. The molecule has 0 aliphatic carbocycles. The molecule has 0 aliphatic heterocycles. The topological polar surface area (TPSA) is 43.8 Å². The number of aromatic nitrogens is 2. The predicted molar refractivity (Wildman–Crippen MR) is 81.9 cm³/mol. The van der Waals surface area contributed by atoms with Crippen LogP contribution in [0, 0.1) is 27.7 Å². The molecule has 2 rings (SSSR count). The molecular formula is C15H23N3S. The summed E-state index contributed by atoms with van der Waals surface area (Å²) in [4.78, 5) is 2.62. The fourth-order valence-electron chi connectivity index (χ4n) is 2.36. The second-order valence-corrected chi connectivity index (χ2v) is 6.53. The smallest absolute Gasteiger partial charge is 0.101 e. The minimum atomic E-state index is 0.0930. The normalized spacial score (nSPS) is 14.6. The van der Waals surface area contributed by atoms with Crippen LogP contribution < -0.4 is 5.73 Å². The third-order valence-corrected chi connectivity index (χ3v) is 4.95. The summed E-state index contributed by atoms with van der Waals surface area (Å²) in [5.74, 6) is 0. The van der Waals surface area contributed by atoms with Crippen molar-refractivity contribution in [2.45, 2.75) is 53.1 Å². The van der Waals surface area contributed by atoms with Gasteiger partial charge in [0, 0.05) is 21.5 Å². The molecule has 2 N–H and O–H groups in total. The zero-order chi connectivity index (χ0) is 14.2. The van der Waals surface area contributed by atoms with E-state index in [-0.39, 0.29) is 12.1 Å². The van der Waals surface area contributed by atoms with E-state index in [1.807, 2.05) is 11.3 Å². The van der Waals surface area contributed by atoms with E-state index in [0.717, 1.165) is 12.1 Å². The maximum atomic E-state index is 6.36. The number of nitrogens with two attached hydrogens (primary N) is 1. The van der Waals surface area contributed by atoms with Crippen molar-refractivity contribution in [3.63, 3.8) is 0 Å². The van der Waals surface area contributed by atoms with Crippen LogP contribution in [0.25, 0.3) is 0 Å². The molecule has 104 valence electrons. The van der Waals surface area contributed by atoms with Gasteiger partial charge in [-0.25, -0.2) is 0 Å². The molecule has 2 aromatic rings. The lowest BCUT2D eigenvalue weighted by Crippen LogP contribution is -2.33. The van der Waals surface area contributed by atoms with Crippen molar-refractivity contribution in [1.29, 1.82) is 0 Å². The average molecular weight is 277 g/mol. The summed E-state index contributed by atoms with van der Waals surface area (Å²) in [6.45, 7) is 10.6. The van der Waals surface area contributed by atoms with Gasteiger partial charge in [0.05, 0.1) is 5.69 Å². The molecule has 2 aromatic heterocycles. The van der Waals surface area contributed by atoms with Crippen LogP contribution in [0.15, 0.2) is 12.1 Å². The number of hydrogen-bond donors (Lipinski definition) is 1. The highest BCUT2D eigenvalue weighted by atomic mass is 32.1. The number of hydrogen-bond acceptors (Lipinski definition) is 3. The van der Waals surface area contributed by atoms with E-state index < -0.39 is 0 Å².